The molecule has 1 unspecified atom stereocenters. The predicted octanol–water partition coefficient (Wildman–Crippen LogP) is 4.35. The van der Waals surface area contributed by atoms with Crippen LogP contribution in [0.25, 0.3) is 21.6 Å². The van der Waals surface area contributed by atoms with Crippen LogP contribution in [0.5, 0.6) is 0 Å². The molecule has 1 saturated heterocycles. The quantitative estimate of drug-likeness (QED) is 0.407. The van der Waals surface area contributed by atoms with Gasteiger partial charge in [0.15, 0.2) is 6.29 Å². The number of carbonyl (C=O) groups excluding carboxylic acids is 1. The van der Waals surface area contributed by atoms with Gasteiger partial charge in [0.1, 0.15) is 5.65 Å². The molecule has 0 radical (unpaired) electrons. The number of thiophene rings is 1. The molecule has 0 aliphatic carbocycles. The van der Waals surface area contributed by atoms with Crippen molar-refractivity contribution >= 4 is 46.0 Å². The second kappa shape index (κ2) is 8.13. The summed E-state index contributed by atoms with van der Waals surface area (Å²) in [6, 6.07) is 12.8. The van der Waals surface area contributed by atoms with E-state index in [1.807, 2.05) is 25.3 Å². The molecule has 0 saturated carbocycles. The molecule has 7 nitrogen and oxygen atoms in total. The predicted molar refractivity (Wildman–Crippen MR) is 127 cm³/mol. The van der Waals surface area contributed by atoms with Crippen molar-refractivity contribution < 1.29 is 4.79 Å². The SMILES string of the molecule is Cc1cc(-c2nc(Nc3ccc(N4CCNCC4C)cc3)nc3[nH]ccc23)sc1C=O. The zero-order valence-corrected chi connectivity index (χ0v) is 18.3. The molecule has 0 amide bonds. The first-order valence-corrected chi connectivity index (χ1v) is 11.2. The number of aryl methyl sites for hydroxylation is 1. The zero-order chi connectivity index (χ0) is 21.4. The third-order valence-corrected chi connectivity index (χ3v) is 6.84. The number of nitrogens with zero attached hydrogens (tertiary/aromatic N) is 3. The van der Waals surface area contributed by atoms with Crippen molar-refractivity contribution in [2.75, 3.05) is 29.9 Å². The standard InChI is InChI=1S/C23H24N6OS/c1-14-11-19(31-20(14)13-30)21-18-7-8-25-22(18)28-23(27-21)26-16-3-5-17(6-4-16)29-10-9-24-12-15(29)2/h3-8,11,13,15,24H,9-10,12H2,1-2H3,(H2,25,26,27,28). The molecule has 3 N–H and O–H groups in total. The molecule has 31 heavy (non-hydrogen) atoms. The maximum atomic E-state index is 11.3. The topological polar surface area (TPSA) is 85.9 Å². The molecule has 4 heterocycles. The van der Waals surface area contributed by atoms with Crippen molar-refractivity contribution in [1.29, 1.82) is 0 Å². The molecule has 1 aliphatic heterocycles. The molecule has 158 valence electrons. The van der Waals surface area contributed by atoms with Crippen LogP contribution < -0.4 is 15.5 Å². The second-order valence-electron chi connectivity index (χ2n) is 7.83. The Morgan fingerprint density at radius 2 is 2.06 bits per heavy atom. The first kappa shape index (κ1) is 19.7. The first-order valence-electron chi connectivity index (χ1n) is 10.4. The van der Waals surface area contributed by atoms with Gasteiger partial charge in [-0.15, -0.1) is 11.3 Å². The number of rotatable bonds is 5. The van der Waals surface area contributed by atoms with Crippen LogP contribution in [-0.4, -0.2) is 46.9 Å². The summed E-state index contributed by atoms with van der Waals surface area (Å²) in [5.41, 5.74) is 4.69. The molecule has 1 aliphatic rings. The third kappa shape index (κ3) is 3.80. The summed E-state index contributed by atoms with van der Waals surface area (Å²) >= 11 is 1.45. The van der Waals surface area contributed by atoms with E-state index in [2.05, 4.69) is 56.7 Å². The number of anilines is 3. The Labute approximate surface area is 184 Å². The van der Waals surface area contributed by atoms with Gasteiger partial charge in [-0.05, 0) is 55.8 Å². The molecular formula is C23H24N6OS. The lowest BCUT2D eigenvalue weighted by Gasteiger charge is -2.36. The van der Waals surface area contributed by atoms with E-state index in [1.54, 1.807) is 0 Å². The van der Waals surface area contributed by atoms with E-state index >= 15 is 0 Å². The van der Waals surface area contributed by atoms with Crippen LogP contribution in [0.4, 0.5) is 17.3 Å². The zero-order valence-electron chi connectivity index (χ0n) is 17.5. The number of carbonyl (C=O) groups is 1. The van der Waals surface area contributed by atoms with Crippen LogP contribution in [0.2, 0.25) is 0 Å². The Morgan fingerprint density at radius 1 is 1.23 bits per heavy atom. The lowest BCUT2D eigenvalue weighted by molar-refractivity contribution is 0.112. The smallest absolute Gasteiger partial charge is 0.229 e. The fourth-order valence-corrected chi connectivity index (χ4v) is 5.00. The Balaban J connectivity index is 1.45. The summed E-state index contributed by atoms with van der Waals surface area (Å²) in [5, 5.41) is 7.70. The minimum absolute atomic E-state index is 0.472. The third-order valence-electron chi connectivity index (χ3n) is 5.67. The molecule has 3 aromatic heterocycles. The maximum absolute atomic E-state index is 11.3. The van der Waals surface area contributed by atoms with E-state index in [0.717, 1.165) is 63.7 Å². The van der Waals surface area contributed by atoms with Crippen LogP contribution >= 0.6 is 11.3 Å². The highest BCUT2D eigenvalue weighted by atomic mass is 32.1. The van der Waals surface area contributed by atoms with Crippen LogP contribution in [0.15, 0.2) is 42.6 Å². The lowest BCUT2D eigenvalue weighted by atomic mass is 10.1. The number of aromatic nitrogens is 3. The van der Waals surface area contributed by atoms with Gasteiger partial charge in [0.2, 0.25) is 5.95 Å². The Hall–Kier alpha value is -3.23. The molecule has 1 fully saturated rings. The molecule has 4 aromatic rings. The Kier molecular flexibility index (Phi) is 5.17. The van der Waals surface area contributed by atoms with Gasteiger partial charge >= 0.3 is 0 Å². The van der Waals surface area contributed by atoms with E-state index in [9.17, 15) is 4.79 Å². The van der Waals surface area contributed by atoms with Gasteiger partial charge in [0, 0.05) is 48.6 Å². The van der Waals surface area contributed by atoms with Gasteiger partial charge in [0.05, 0.1) is 15.4 Å². The van der Waals surface area contributed by atoms with Crippen LogP contribution in [0.3, 0.4) is 0 Å². The van der Waals surface area contributed by atoms with Gasteiger partial charge < -0.3 is 20.5 Å². The summed E-state index contributed by atoms with van der Waals surface area (Å²) < 4.78 is 0. The van der Waals surface area contributed by atoms with E-state index < -0.39 is 0 Å². The van der Waals surface area contributed by atoms with Crippen molar-refractivity contribution in [2.45, 2.75) is 19.9 Å². The summed E-state index contributed by atoms with van der Waals surface area (Å²) in [6.07, 6.45) is 2.76. The summed E-state index contributed by atoms with van der Waals surface area (Å²) in [5.74, 6) is 0.520. The summed E-state index contributed by atoms with van der Waals surface area (Å²) in [7, 11) is 0. The first-order chi connectivity index (χ1) is 15.1. The van der Waals surface area contributed by atoms with Crippen LogP contribution in [-0.2, 0) is 0 Å². The van der Waals surface area contributed by atoms with Crippen molar-refractivity contribution in [3.05, 3.63) is 53.0 Å². The highest BCUT2D eigenvalue weighted by molar-refractivity contribution is 7.17. The number of hydrogen-bond donors (Lipinski definition) is 3. The number of piperazine rings is 1. The highest BCUT2D eigenvalue weighted by Gasteiger charge is 2.18. The van der Waals surface area contributed by atoms with Crippen molar-refractivity contribution in [1.82, 2.24) is 20.3 Å². The molecule has 0 spiro atoms. The van der Waals surface area contributed by atoms with Crippen molar-refractivity contribution in [3.63, 3.8) is 0 Å². The van der Waals surface area contributed by atoms with E-state index in [1.165, 1.54) is 17.0 Å². The maximum Gasteiger partial charge on any atom is 0.229 e. The van der Waals surface area contributed by atoms with Crippen molar-refractivity contribution in [2.24, 2.45) is 0 Å². The van der Waals surface area contributed by atoms with Crippen LogP contribution in [0.1, 0.15) is 22.2 Å². The lowest BCUT2D eigenvalue weighted by Crippen LogP contribution is -2.49. The average molecular weight is 433 g/mol. The molecule has 1 atom stereocenters. The molecular weight excluding hydrogens is 408 g/mol. The molecule has 5 rings (SSSR count). The van der Waals surface area contributed by atoms with E-state index in [4.69, 9.17) is 4.98 Å². The minimum Gasteiger partial charge on any atom is -0.366 e. The van der Waals surface area contributed by atoms with Crippen LogP contribution in [0, 0.1) is 6.92 Å². The number of aldehydes is 1. The van der Waals surface area contributed by atoms with Gasteiger partial charge in [-0.1, -0.05) is 0 Å². The number of fused-ring (bicyclic) bond motifs is 1. The number of aromatic amines is 1. The molecule has 0 bridgehead atoms. The number of H-pyrrole nitrogens is 1. The minimum atomic E-state index is 0.472. The summed E-state index contributed by atoms with van der Waals surface area (Å²) in [6.45, 7) is 7.19. The van der Waals surface area contributed by atoms with E-state index in [0.29, 0.717) is 12.0 Å². The van der Waals surface area contributed by atoms with Gasteiger partial charge in [0.25, 0.3) is 0 Å². The number of nitrogens with one attached hydrogen (secondary N) is 3. The molecule has 8 heteroatoms. The largest absolute Gasteiger partial charge is 0.366 e. The van der Waals surface area contributed by atoms with Gasteiger partial charge in [-0.2, -0.15) is 4.98 Å². The summed E-state index contributed by atoms with van der Waals surface area (Å²) in [4.78, 5) is 28.0. The average Bonchev–Trinajstić information content (AvgIpc) is 3.40. The number of hydrogen-bond acceptors (Lipinski definition) is 7. The fraction of sp³-hybridized carbons (Fsp3) is 0.261. The monoisotopic (exact) mass is 432 g/mol. The van der Waals surface area contributed by atoms with E-state index in [-0.39, 0.29) is 0 Å². The van der Waals surface area contributed by atoms with Crippen molar-refractivity contribution in [3.8, 4) is 10.6 Å². The second-order valence-corrected chi connectivity index (χ2v) is 8.91. The van der Waals surface area contributed by atoms with Gasteiger partial charge in [-0.25, -0.2) is 4.98 Å². The van der Waals surface area contributed by atoms with Gasteiger partial charge in [-0.3, -0.25) is 4.79 Å². The Bertz CT molecular complexity index is 1230. The number of benzene rings is 1. The highest BCUT2D eigenvalue weighted by Crippen LogP contribution is 2.34. The Morgan fingerprint density at radius 3 is 2.81 bits per heavy atom. The molecule has 1 aromatic carbocycles. The fourth-order valence-electron chi connectivity index (χ4n) is 4.00. The normalized spacial score (nSPS) is 16.6.